The number of aliphatic hydroxyl groups is 1. The van der Waals surface area contributed by atoms with Crippen molar-refractivity contribution in [2.45, 2.75) is 38.8 Å². The first-order chi connectivity index (χ1) is 11.7. The van der Waals surface area contributed by atoms with Gasteiger partial charge in [0.05, 0.1) is 12.6 Å². The molecule has 1 unspecified atom stereocenters. The van der Waals surface area contributed by atoms with Crippen LogP contribution in [0.3, 0.4) is 0 Å². The van der Waals surface area contributed by atoms with Crippen molar-refractivity contribution in [3.63, 3.8) is 0 Å². The summed E-state index contributed by atoms with van der Waals surface area (Å²) in [4.78, 5) is 16.7. The van der Waals surface area contributed by atoms with Gasteiger partial charge in [0, 0.05) is 17.6 Å². The zero-order valence-corrected chi connectivity index (χ0v) is 14.6. The SMILES string of the molecule is Cc1csc(C(NC(=O)NCCc2ccc(CO)cc2)C2CC2)n1. The lowest BCUT2D eigenvalue weighted by Gasteiger charge is -2.16. The number of hydrogen-bond acceptors (Lipinski definition) is 4. The molecule has 2 aromatic rings. The van der Waals surface area contributed by atoms with Crippen molar-refractivity contribution in [2.24, 2.45) is 5.92 Å². The Labute approximate surface area is 146 Å². The number of carbonyl (C=O) groups is 1. The van der Waals surface area contributed by atoms with E-state index in [-0.39, 0.29) is 18.7 Å². The second-order valence-corrected chi connectivity index (χ2v) is 7.16. The molecule has 6 heteroatoms. The van der Waals surface area contributed by atoms with E-state index in [0.29, 0.717) is 12.5 Å². The molecule has 1 aliphatic carbocycles. The summed E-state index contributed by atoms with van der Waals surface area (Å²) < 4.78 is 0. The number of aliphatic hydroxyl groups excluding tert-OH is 1. The van der Waals surface area contributed by atoms with Crippen LogP contribution in [0.4, 0.5) is 4.79 Å². The van der Waals surface area contributed by atoms with E-state index in [1.54, 1.807) is 11.3 Å². The van der Waals surface area contributed by atoms with Crippen LogP contribution in [0.5, 0.6) is 0 Å². The molecular weight excluding hydrogens is 322 g/mol. The highest BCUT2D eigenvalue weighted by Crippen LogP contribution is 2.41. The van der Waals surface area contributed by atoms with Crippen LogP contribution < -0.4 is 10.6 Å². The van der Waals surface area contributed by atoms with Gasteiger partial charge < -0.3 is 15.7 Å². The number of hydrogen-bond donors (Lipinski definition) is 3. The Hall–Kier alpha value is -1.92. The molecule has 1 fully saturated rings. The number of aromatic nitrogens is 1. The molecule has 5 nitrogen and oxygen atoms in total. The third kappa shape index (κ3) is 4.55. The summed E-state index contributed by atoms with van der Waals surface area (Å²) in [5.74, 6) is 0.521. The summed E-state index contributed by atoms with van der Waals surface area (Å²) >= 11 is 1.62. The minimum atomic E-state index is -0.133. The van der Waals surface area contributed by atoms with Crippen LogP contribution in [0.1, 0.15) is 40.7 Å². The van der Waals surface area contributed by atoms with Crippen LogP contribution in [0, 0.1) is 12.8 Å². The fourth-order valence-electron chi connectivity index (χ4n) is 2.65. The maximum atomic E-state index is 12.2. The summed E-state index contributed by atoms with van der Waals surface area (Å²) in [6.07, 6.45) is 3.07. The Balaban J connectivity index is 1.47. The van der Waals surface area contributed by atoms with E-state index in [9.17, 15) is 4.79 Å². The summed E-state index contributed by atoms with van der Waals surface area (Å²) in [7, 11) is 0. The van der Waals surface area contributed by atoms with Gasteiger partial charge in [-0.3, -0.25) is 0 Å². The molecule has 1 saturated carbocycles. The Morgan fingerprint density at radius 2 is 2.04 bits per heavy atom. The number of aryl methyl sites for hydroxylation is 1. The molecule has 0 spiro atoms. The van der Waals surface area contributed by atoms with Crippen molar-refractivity contribution in [1.29, 1.82) is 0 Å². The van der Waals surface area contributed by atoms with Gasteiger partial charge in [0.2, 0.25) is 0 Å². The molecular formula is C18H23N3O2S. The molecule has 0 saturated heterocycles. The molecule has 1 aromatic heterocycles. The van der Waals surface area contributed by atoms with Crippen molar-refractivity contribution in [2.75, 3.05) is 6.54 Å². The molecule has 1 atom stereocenters. The van der Waals surface area contributed by atoms with E-state index in [1.165, 1.54) is 0 Å². The first kappa shape index (κ1) is 16.9. The van der Waals surface area contributed by atoms with Gasteiger partial charge in [-0.15, -0.1) is 11.3 Å². The summed E-state index contributed by atoms with van der Waals surface area (Å²) in [5.41, 5.74) is 3.05. The fraction of sp³-hybridized carbons (Fsp3) is 0.444. The lowest BCUT2D eigenvalue weighted by Crippen LogP contribution is -2.39. The van der Waals surface area contributed by atoms with Crippen molar-refractivity contribution in [1.82, 2.24) is 15.6 Å². The molecule has 1 aliphatic rings. The number of amides is 2. The first-order valence-electron chi connectivity index (χ1n) is 8.31. The van der Waals surface area contributed by atoms with Crippen molar-refractivity contribution in [3.8, 4) is 0 Å². The number of thiazole rings is 1. The number of urea groups is 1. The van der Waals surface area contributed by atoms with Gasteiger partial charge in [-0.05, 0) is 43.2 Å². The van der Waals surface area contributed by atoms with Crippen molar-refractivity contribution >= 4 is 17.4 Å². The van der Waals surface area contributed by atoms with Crippen LogP contribution in [0.15, 0.2) is 29.6 Å². The van der Waals surface area contributed by atoms with Crippen LogP contribution in [0.25, 0.3) is 0 Å². The molecule has 0 aliphatic heterocycles. The zero-order valence-electron chi connectivity index (χ0n) is 13.8. The summed E-state index contributed by atoms with van der Waals surface area (Å²) in [6, 6.07) is 7.68. The van der Waals surface area contributed by atoms with E-state index < -0.39 is 0 Å². The monoisotopic (exact) mass is 345 g/mol. The maximum absolute atomic E-state index is 12.2. The van der Waals surface area contributed by atoms with Crippen LogP contribution in [0.2, 0.25) is 0 Å². The zero-order chi connectivity index (χ0) is 16.9. The molecule has 3 rings (SSSR count). The molecule has 0 bridgehead atoms. The Kier molecular flexibility index (Phi) is 5.48. The largest absolute Gasteiger partial charge is 0.392 e. The average Bonchev–Trinajstić information content (AvgIpc) is 3.34. The van der Waals surface area contributed by atoms with Crippen LogP contribution in [-0.4, -0.2) is 22.7 Å². The summed E-state index contributed by atoms with van der Waals surface area (Å²) in [5, 5.41) is 18.1. The molecule has 1 heterocycles. The van der Waals surface area contributed by atoms with E-state index in [0.717, 1.165) is 41.1 Å². The predicted octanol–water partition coefficient (Wildman–Crippen LogP) is 2.94. The van der Waals surface area contributed by atoms with E-state index in [2.05, 4.69) is 15.6 Å². The average molecular weight is 345 g/mol. The normalized spacial score (nSPS) is 15.1. The minimum Gasteiger partial charge on any atom is -0.392 e. The molecule has 0 radical (unpaired) electrons. The van der Waals surface area contributed by atoms with Gasteiger partial charge in [-0.1, -0.05) is 24.3 Å². The Morgan fingerprint density at radius 3 is 2.62 bits per heavy atom. The first-order valence-corrected chi connectivity index (χ1v) is 9.18. The lowest BCUT2D eigenvalue weighted by atomic mass is 10.1. The third-order valence-electron chi connectivity index (χ3n) is 4.19. The molecule has 24 heavy (non-hydrogen) atoms. The van der Waals surface area contributed by atoms with Crippen molar-refractivity contribution < 1.29 is 9.90 Å². The van der Waals surface area contributed by atoms with Crippen LogP contribution in [-0.2, 0) is 13.0 Å². The molecule has 1 aromatic carbocycles. The van der Waals surface area contributed by atoms with Gasteiger partial charge in [-0.25, -0.2) is 9.78 Å². The predicted molar refractivity (Wildman–Crippen MR) is 94.9 cm³/mol. The van der Waals surface area contributed by atoms with Gasteiger partial charge >= 0.3 is 6.03 Å². The number of carbonyl (C=O) groups excluding carboxylic acids is 1. The van der Waals surface area contributed by atoms with E-state index in [1.807, 2.05) is 36.6 Å². The maximum Gasteiger partial charge on any atom is 0.315 e. The topological polar surface area (TPSA) is 74.2 Å². The van der Waals surface area contributed by atoms with E-state index in [4.69, 9.17) is 5.11 Å². The highest BCUT2D eigenvalue weighted by molar-refractivity contribution is 7.09. The number of rotatable bonds is 7. The Morgan fingerprint density at radius 1 is 1.33 bits per heavy atom. The highest BCUT2D eigenvalue weighted by atomic mass is 32.1. The number of nitrogens with zero attached hydrogens (tertiary/aromatic N) is 1. The molecule has 3 N–H and O–H groups in total. The van der Waals surface area contributed by atoms with Gasteiger partial charge in [0.1, 0.15) is 5.01 Å². The Bertz CT molecular complexity index is 680. The smallest absolute Gasteiger partial charge is 0.315 e. The van der Waals surface area contributed by atoms with Crippen molar-refractivity contribution in [3.05, 3.63) is 51.5 Å². The molecule has 2 amide bonds. The summed E-state index contributed by atoms with van der Waals surface area (Å²) in [6.45, 7) is 2.62. The van der Waals surface area contributed by atoms with E-state index >= 15 is 0 Å². The number of benzene rings is 1. The standard InChI is InChI=1S/C18H23N3O2S/c1-12-11-24-17(20-12)16(15-6-7-15)21-18(23)19-9-8-13-2-4-14(10-22)5-3-13/h2-5,11,15-16,22H,6-10H2,1H3,(H2,19,21,23). The highest BCUT2D eigenvalue weighted by Gasteiger charge is 2.35. The quantitative estimate of drug-likeness (QED) is 0.722. The van der Waals surface area contributed by atoms with Crippen LogP contribution >= 0.6 is 11.3 Å². The lowest BCUT2D eigenvalue weighted by molar-refractivity contribution is 0.235. The second-order valence-electron chi connectivity index (χ2n) is 6.27. The van der Waals surface area contributed by atoms with Gasteiger partial charge in [-0.2, -0.15) is 0 Å². The molecule has 128 valence electrons. The third-order valence-corrected chi connectivity index (χ3v) is 5.23. The fourth-order valence-corrected chi connectivity index (χ4v) is 3.59. The van der Waals surface area contributed by atoms with Gasteiger partial charge in [0.25, 0.3) is 0 Å². The second kappa shape index (κ2) is 7.77. The number of nitrogens with one attached hydrogen (secondary N) is 2. The van der Waals surface area contributed by atoms with Gasteiger partial charge in [0.15, 0.2) is 0 Å². The minimum absolute atomic E-state index is 0.0348.